The number of nitrogens with one attached hydrogen (secondary N) is 1. The third-order valence-electron chi connectivity index (χ3n) is 3.24. The number of ether oxygens (including phenoxy) is 1. The molecule has 18 heavy (non-hydrogen) atoms. The van der Waals surface area contributed by atoms with Crippen LogP contribution in [0, 0.1) is 11.3 Å². The summed E-state index contributed by atoms with van der Waals surface area (Å²) in [5.74, 6) is -0.529. The number of allylic oxidation sites excluding steroid dienone is 1. The molecule has 1 N–H and O–H groups in total. The van der Waals surface area contributed by atoms with Crippen LogP contribution in [0.2, 0.25) is 0 Å². The zero-order valence-corrected chi connectivity index (χ0v) is 11.3. The summed E-state index contributed by atoms with van der Waals surface area (Å²) in [6, 6.07) is 2.31. The van der Waals surface area contributed by atoms with Crippen LogP contribution in [0.4, 0.5) is 0 Å². The van der Waals surface area contributed by atoms with Gasteiger partial charge in [0.25, 0.3) is 0 Å². The second-order valence-corrected chi connectivity index (χ2v) is 4.67. The van der Waals surface area contributed by atoms with E-state index in [-0.39, 0.29) is 5.57 Å². The van der Waals surface area contributed by atoms with E-state index in [9.17, 15) is 4.79 Å². The van der Waals surface area contributed by atoms with Crippen LogP contribution in [0.3, 0.4) is 0 Å². The van der Waals surface area contributed by atoms with Gasteiger partial charge in [-0.1, -0.05) is 25.7 Å². The van der Waals surface area contributed by atoms with Gasteiger partial charge in [-0.15, -0.1) is 0 Å². The van der Waals surface area contributed by atoms with Crippen LogP contribution in [0.1, 0.15) is 52.4 Å². The molecule has 100 valence electrons. The van der Waals surface area contributed by atoms with E-state index in [0.29, 0.717) is 18.3 Å². The molecule has 0 unspecified atom stereocenters. The van der Waals surface area contributed by atoms with Crippen LogP contribution in [0.5, 0.6) is 0 Å². The Morgan fingerprint density at radius 2 is 1.94 bits per heavy atom. The first-order chi connectivity index (χ1) is 8.69. The SMILES string of the molecule is CCOC(=O)/C(C#N)=C(\C)NC1CCCCCC1. The van der Waals surface area contributed by atoms with Gasteiger partial charge in [0, 0.05) is 11.7 Å². The molecule has 1 saturated carbocycles. The van der Waals surface area contributed by atoms with Crippen molar-refractivity contribution in [3.63, 3.8) is 0 Å². The number of carbonyl (C=O) groups excluding carboxylic acids is 1. The van der Waals surface area contributed by atoms with E-state index < -0.39 is 5.97 Å². The van der Waals surface area contributed by atoms with Gasteiger partial charge in [-0.25, -0.2) is 4.79 Å². The minimum Gasteiger partial charge on any atom is -0.462 e. The maximum atomic E-state index is 11.6. The van der Waals surface area contributed by atoms with Crippen molar-refractivity contribution in [3.8, 4) is 6.07 Å². The number of hydrogen-bond acceptors (Lipinski definition) is 4. The molecule has 4 heteroatoms. The van der Waals surface area contributed by atoms with Crippen LogP contribution < -0.4 is 5.32 Å². The van der Waals surface area contributed by atoms with Gasteiger partial charge in [-0.3, -0.25) is 0 Å². The van der Waals surface area contributed by atoms with Crippen LogP contribution in [-0.2, 0) is 9.53 Å². The Kier molecular flexibility index (Phi) is 6.27. The molecule has 1 aliphatic carbocycles. The van der Waals surface area contributed by atoms with Crippen molar-refractivity contribution in [3.05, 3.63) is 11.3 Å². The van der Waals surface area contributed by atoms with Gasteiger partial charge in [0.15, 0.2) is 5.57 Å². The number of esters is 1. The highest BCUT2D eigenvalue weighted by Gasteiger charge is 2.17. The first kappa shape index (κ1) is 14.6. The number of rotatable bonds is 4. The van der Waals surface area contributed by atoms with Crippen molar-refractivity contribution >= 4 is 5.97 Å². The number of hydrogen-bond donors (Lipinski definition) is 1. The Morgan fingerprint density at radius 1 is 1.33 bits per heavy atom. The lowest BCUT2D eigenvalue weighted by Gasteiger charge is -2.18. The van der Waals surface area contributed by atoms with Gasteiger partial charge in [0.05, 0.1) is 6.61 Å². The Labute approximate surface area is 109 Å². The molecule has 1 aliphatic rings. The molecule has 0 atom stereocenters. The van der Waals surface area contributed by atoms with Gasteiger partial charge in [-0.2, -0.15) is 5.26 Å². The predicted octanol–water partition coefficient (Wildman–Crippen LogP) is 2.66. The zero-order chi connectivity index (χ0) is 13.4. The summed E-state index contributed by atoms with van der Waals surface area (Å²) in [5.41, 5.74) is 0.740. The van der Waals surface area contributed by atoms with Gasteiger partial charge < -0.3 is 10.1 Å². The Balaban J connectivity index is 2.66. The van der Waals surface area contributed by atoms with Crippen molar-refractivity contribution < 1.29 is 9.53 Å². The Morgan fingerprint density at radius 3 is 2.44 bits per heavy atom. The van der Waals surface area contributed by atoms with E-state index >= 15 is 0 Å². The molecular weight excluding hydrogens is 228 g/mol. The fourth-order valence-corrected chi connectivity index (χ4v) is 2.29. The largest absolute Gasteiger partial charge is 0.462 e. The summed E-state index contributed by atoms with van der Waals surface area (Å²) >= 11 is 0. The van der Waals surface area contributed by atoms with Gasteiger partial charge in [-0.05, 0) is 26.7 Å². The van der Waals surface area contributed by atoms with Crippen molar-refractivity contribution in [2.24, 2.45) is 0 Å². The summed E-state index contributed by atoms with van der Waals surface area (Å²) in [7, 11) is 0. The van der Waals surface area contributed by atoms with Gasteiger partial charge in [0.1, 0.15) is 6.07 Å². The molecule has 0 amide bonds. The summed E-state index contributed by atoms with van der Waals surface area (Å²) in [6.07, 6.45) is 7.21. The smallest absolute Gasteiger partial charge is 0.350 e. The molecule has 1 fully saturated rings. The molecule has 0 aromatic carbocycles. The maximum absolute atomic E-state index is 11.6. The van der Waals surface area contributed by atoms with Crippen molar-refractivity contribution in [1.29, 1.82) is 5.26 Å². The molecule has 0 aromatic heterocycles. The summed E-state index contributed by atoms with van der Waals surface area (Å²) < 4.78 is 4.87. The first-order valence-electron chi connectivity index (χ1n) is 6.73. The highest BCUT2D eigenvalue weighted by Crippen LogP contribution is 2.18. The lowest BCUT2D eigenvalue weighted by atomic mass is 10.1. The van der Waals surface area contributed by atoms with E-state index in [4.69, 9.17) is 10.00 Å². The third-order valence-corrected chi connectivity index (χ3v) is 3.24. The van der Waals surface area contributed by atoms with Gasteiger partial charge >= 0.3 is 5.97 Å². The Bertz CT molecular complexity index is 347. The molecule has 4 nitrogen and oxygen atoms in total. The van der Waals surface area contributed by atoms with Crippen molar-refractivity contribution in [2.75, 3.05) is 6.61 Å². The quantitative estimate of drug-likeness (QED) is 0.360. The number of carbonyl (C=O) groups is 1. The van der Waals surface area contributed by atoms with Gasteiger partial charge in [0.2, 0.25) is 0 Å². The lowest BCUT2D eigenvalue weighted by molar-refractivity contribution is -0.138. The maximum Gasteiger partial charge on any atom is 0.350 e. The number of nitriles is 1. The molecule has 0 spiro atoms. The highest BCUT2D eigenvalue weighted by atomic mass is 16.5. The Hall–Kier alpha value is -1.50. The minimum atomic E-state index is -0.529. The fourth-order valence-electron chi connectivity index (χ4n) is 2.29. The highest BCUT2D eigenvalue weighted by molar-refractivity contribution is 5.93. The second-order valence-electron chi connectivity index (χ2n) is 4.67. The molecular formula is C14H22N2O2. The van der Waals surface area contributed by atoms with Crippen LogP contribution in [-0.4, -0.2) is 18.6 Å². The average molecular weight is 250 g/mol. The van der Waals surface area contributed by atoms with E-state index in [1.165, 1.54) is 25.7 Å². The topological polar surface area (TPSA) is 62.1 Å². The molecule has 0 aliphatic heterocycles. The third kappa shape index (κ3) is 4.40. The molecule has 0 heterocycles. The standard InChI is InChI=1S/C14H22N2O2/c1-3-18-14(17)13(10-15)11(2)16-12-8-6-4-5-7-9-12/h12,16H,3-9H2,1-2H3/b13-11+. The van der Waals surface area contributed by atoms with Crippen LogP contribution in [0.15, 0.2) is 11.3 Å². The number of nitrogens with zero attached hydrogens (tertiary/aromatic N) is 1. The van der Waals surface area contributed by atoms with E-state index in [1.807, 2.05) is 6.07 Å². The molecule has 0 radical (unpaired) electrons. The lowest BCUT2D eigenvalue weighted by Crippen LogP contribution is -2.28. The molecule has 0 aromatic rings. The predicted molar refractivity (Wildman–Crippen MR) is 69.6 cm³/mol. The van der Waals surface area contributed by atoms with Crippen LogP contribution in [0.25, 0.3) is 0 Å². The fraction of sp³-hybridized carbons (Fsp3) is 0.714. The van der Waals surface area contributed by atoms with Crippen LogP contribution >= 0.6 is 0 Å². The second kappa shape index (κ2) is 7.75. The average Bonchev–Trinajstić information content (AvgIpc) is 2.59. The summed E-state index contributed by atoms with van der Waals surface area (Å²) in [4.78, 5) is 11.6. The monoisotopic (exact) mass is 250 g/mol. The normalized spacial score (nSPS) is 18.3. The summed E-state index contributed by atoms with van der Waals surface area (Å²) in [6.45, 7) is 3.81. The molecule has 0 saturated heterocycles. The summed E-state index contributed by atoms with van der Waals surface area (Å²) in [5, 5.41) is 12.3. The van der Waals surface area contributed by atoms with E-state index in [0.717, 1.165) is 12.8 Å². The zero-order valence-electron chi connectivity index (χ0n) is 11.3. The van der Waals surface area contributed by atoms with Crippen molar-refractivity contribution in [1.82, 2.24) is 5.32 Å². The molecule has 0 bridgehead atoms. The minimum absolute atomic E-state index is 0.0982. The van der Waals surface area contributed by atoms with E-state index in [2.05, 4.69) is 5.32 Å². The van der Waals surface area contributed by atoms with Crippen molar-refractivity contribution in [2.45, 2.75) is 58.4 Å². The molecule has 1 rings (SSSR count). The van der Waals surface area contributed by atoms with E-state index in [1.54, 1.807) is 13.8 Å². The first-order valence-corrected chi connectivity index (χ1v) is 6.73.